The van der Waals surface area contributed by atoms with Gasteiger partial charge in [-0.2, -0.15) is 0 Å². The van der Waals surface area contributed by atoms with Crippen molar-refractivity contribution in [2.24, 2.45) is 0 Å². The Labute approximate surface area is 155 Å². The Kier molecular flexibility index (Phi) is 5.30. The van der Waals surface area contributed by atoms with Crippen LogP contribution in [-0.4, -0.2) is 63.7 Å². The number of benzene rings is 1. The van der Waals surface area contributed by atoms with Crippen LogP contribution in [0.3, 0.4) is 0 Å². The summed E-state index contributed by atoms with van der Waals surface area (Å²) in [4.78, 5) is 22.8. The molecule has 1 aromatic heterocycles. The summed E-state index contributed by atoms with van der Waals surface area (Å²) < 4.78 is 5.34. The number of methoxy groups -OCH3 is 1. The average Bonchev–Trinajstić information content (AvgIpc) is 2.83. The van der Waals surface area contributed by atoms with E-state index >= 15 is 0 Å². The smallest absolute Gasteiger partial charge is 0.224 e. The summed E-state index contributed by atoms with van der Waals surface area (Å²) in [5.74, 6) is 0.773. The molecule has 2 heterocycles. The van der Waals surface area contributed by atoms with E-state index in [-0.39, 0.29) is 5.91 Å². The summed E-state index contributed by atoms with van der Waals surface area (Å²) in [6.45, 7) is 2.20. The Balaban J connectivity index is 1.99. The predicted molar refractivity (Wildman–Crippen MR) is 105 cm³/mol. The molecule has 0 saturated carbocycles. The fraction of sp³-hybridized carbons (Fsp3) is 0.400. The molecule has 0 spiro atoms. The molecule has 2 aromatic rings. The monoisotopic (exact) mass is 354 g/mol. The number of nitrogens with zero attached hydrogens (tertiary/aromatic N) is 4. The van der Waals surface area contributed by atoms with Crippen LogP contribution >= 0.6 is 0 Å². The molecular formula is C20H26N4O2. The van der Waals surface area contributed by atoms with Gasteiger partial charge in [0.15, 0.2) is 0 Å². The third kappa shape index (κ3) is 3.74. The van der Waals surface area contributed by atoms with Crippen LogP contribution in [0.25, 0.3) is 11.3 Å². The van der Waals surface area contributed by atoms with E-state index in [0.717, 1.165) is 29.2 Å². The quantitative estimate of drug-likeness (QED) is 0.844. The molecule has 1 aliphatic rings. The van der Waals surface area contributed by atoms with Crippen LogP contribution in [0.15, 0.2) is 36.4 Å². The Hall–Kier alpha value is -2.76. The topological polar surface area (TPSA) is 48.9 Å². The van der Waals surface area contributed by atoms with Gasteiger partial charge in [-0.05, 0) is 18.2 Å². The fourth-order valence-corrected chi connectivity index (χ4v) is 3.10. The molecule has 6 nitrogen and oxygen atoms in total. The van der Waals surface area contributed by atoms with E-state index in [9.17, 15) is 4.79 Å². The van der Waals surface area contributed by atoms with Crippen molar-refractivity contribution < 1.29 is 9.53 Å². The van der Waals surface area contributed by atoms with Crippen molar-refractivity contribution in [1.82, 2.24) is 9.88 Å². The molecular weight excluding hydrogens is 328 g/mol. The lowest BCUT2D eigenvalue weighted by Gasteiger charge is -2.25. The van der Waals surface area contributed by atoms with Crippen LogP contribution in [-0.2, 0) is 4.79 Å². The van der Waals surface area contributed by atoms with E-state index in [0.29, 0.717) is 25.4 Å². The molecule has 0 radical (unpaired) electrons. The van der Waals surface area contributed by atoms with Crippen molar-refractivity contribution in [2.45, 2.75) is 6.42 Å². The first-order chi connectivity index (χ1) is 12.5. The van der Waals surface area contributed by atoms with Crippen molar-refractivity contribution in [3.63, 3.8) is 0 Å². The maximum Gasteiger partial charge on any atom is 0.224 e. The molecule has 0 unspecified atom stereocenters. The zero-order chi connectivity index (χ0) is 18.7. The van der Waals surface area contributed by atoms with Gasteiger partial charge >= 0.3 is 0 Å². The first kappa shape index (κ1) is 18.0. The van der Waals surface area contributed by atoms with E-state index in [1.54, 1.807) is 12.0 Å². The van der Waals surface area contributed by atoms with Crippen molar-refractivity contribution >= 4 is 17.3 Å². The molecule has 0 N–H and O–H groups in total. The van der Waals surface area contributed by atoms with Gasteiger partial charge in [0.2, 0.25) is 11.8 Å². The van der Waals surface area contributed by atoms with E-state index < -0.39 is 0 Å². The van der Waals surface area contributed by atoms with Gasteiger partial charge in [-0.3, -0.25) is 4.79 Å². The molecule has 3 rings (SSSR count). The number of pyridine rings is 1. The maximum atomic E-state index is 12.0. The van der Waals surface area contributed by atoms with Gasteiger partial charge in [0, 0.05) is 64.5 Å². The molecule has 0 aliphatic carbocycles. The second-order valence-electron chi connectivity index (χ2n) is 6.71. The molecule has 1 fully saturated rings. The minimum Gasteiger partial charge on any atom is -0.481 e. The van der Waals surface area contributed by atoms with Gasteiger partial charge in [0.25, 0.3) is 0 Å². The lowest BCUT2D eigenvalue weighted by Crippen LogP contribution is -2.30. The van der Waals surface area contributed by atoms with Gasteiger partial charge < -0.3 is 19.4 Å². The molecule has 1 amide bonds. The van der Waals surface area contributed by atoms with Crippen LogP contribution in [0, 0.1) is 0 Å². The summed E-state index contributed by atoms with van der Waals surface area (Å²) in [7, 11) is 7.53. The lowest BCUT2D eigenvalue weighted by molar-refractivity contribution is -0.129. The number of carbonyl (C=O) groups is 1. The van der Waals surface area contributed by atoms with E-state index in [1.165, 1.54) is 0 Å². The zero-order valence-electron chi connectivity index (χ0n) is 15.9. The van der Waals surface area contributed by atoms with Gasteiger partial charge in [-0.25, -0.2) is 4.98 Å². The van der Waals surface area contributed by atoms with Crippen molar-refractivity contribution in [1.29, 1.82) is 0 Å². The lowest BCUT2D eigenvalue weighted by atomic mass is 10.1. The first-order valence-corrected chi connectivity index (χ1v) is 8.81. The Morgan fingerprint density at radius 1 is 1.04 bits per heavy atom. The average molecular weight is 354 g/mol. The molecule has 6 heteroatoms. The highest BCUT2D eigenvalue weighted by Gasteiger charge is 2.21. The third-order valence-electron chi connectivity index (χ3n) is 4.78. The predicted octanol–water partition coefficient (Wildman–Crippen LogP) is 2.49. The van der Waals surface area contributed by atoms with Crippen molar-refractivity contribution in [2.75, 3.05) is 57.7 Å². The number of aromatic nitrogens is 1. The van der Waals surface area contributed by atoms with Gasteiger partial charge in [-0.1, -0.05) is 12.1 Å². The SMILES string of the molecule is COc1ccc(N2CCC(=O)N(C)CC2)c(-c2ccc(N(C)C)cc2)n1. The second-order valence-corrected chi connectivity index (χ2v) is 6.71. The number of carbonyl (C=O) groups excluding carboxylic acids is 1. The number of amides is 1. The van der Waals surface area contributed by atoms with Gasteiger partial charge in [0.1, 0.15) is 0 Å². The molecule has 1 saturated heterocycles. The van der Waals surface area contributed by atoms with Crippen LogP contribution in [0.4, 0.5) is 11.4 Å². The summed E-state index contributed by atoms with van der Waals surface area (Å²) in [6, 6.07) is 12.2. The van der Waals surface area contributed by atoms with Gasteiger partial charge in [-0.15, -0.1) is 0 Å². The van der Waals surface area contributed by atoms with Crippen LogP contribution in [0.2, 0.25) is 0 Å². The van der Waals surface area contributed by atoms with E-state index in [1.807, 2.05) is 33.3 Å². The first-order valence-electron chi connectivity index (χ1n) is 8.81. The summed E-state index contributed by atoms with van der Waals surface area (Å²) >= 11 is 0. The fourth-order valence-electron chi connectivity index (χ4n) is 3.10. The van der Waals surface area contributed by atoms with E-state index in [4.69, 9.17) is 9.72 Å². The number of ether oxygens (including phenoxy) is 1. The van der Waals surface area contributed by atoms with Gasteiger partial charge in [0.05, 0.1) is 18.5 Å². The zero-order valence-corrected chi connectivity index (χ0v) is 15.9. The second kappa shape index (κ2) is 7.64. The Bertz CT molecular complexity index is 774. The number of hydrogen-bond acceptors (Lipinski definition) is 5. The van der Waals surface area contributed by atoms with Crippen molar-refractivity contribution in [3.05, 3.63) is 36.4 Å². The number of likely N-dealkylation sites (N-methyl/N-ethyl adjacent to an activating group) is 1. The normalized spacial score (nSPS) is 15.0. The maximum absolute atomic E-state index is 12.0. The van der Waals surface area contributed by atoms with E-state index in [2.05, 4.69) is 34.1 Å². The minimum absolute atomic E-state index is 0.186. The van der Waals surface area contributed by atoms with Crippen LogP contribution in [0.1, 0.15) is 6.42 Å². The summed E-state index contributed by atoms with van der Waals surface area (Å²) in [5, 5.41) is 0. The molecule has 1 aliphatic heterocycles. The Morgan fingerprint density at radius 2 is 1.77 bits per heavy atom. The highest BCUT2D eigenvalue weighted by atomic mass is 16.5. The summed E-state index contributed by atoms with van der Waals surface area (Å²) in [6.07, 6.45) is 0.515. The standard InChI is InChI=1S/C20H26N4O2/c1-22(2)16-7-5-15(6-8-16)20-17(9-10-18(21-20)26-4)24-12-11-19(25)23(3)13-14-24/h5-10H,11-14H2,1-4H3. The largest absolute Gasteiger partial charge is 0.481 e. The number of hydrogen-bond donors (Lipinski definition) is 0. The highest BCUT2D eigenvalue weighted by molar-refractivity contribution is 5.80. The molecule has 0 atom stereocenters. The highest BCUT2D eigenvalue weighted by Crippen LogP contribution is 2.32. The van der Waals surface area contributed by atoms with Crippen LogP contribution in [0.5, 0.6) is 5.88 Å². The number of anilines is 2. The molecule has 138 valence electrons. The summed E-state index contributed by atoms with van der Waals surface area (Å²) in [5.41, 5.74) is 4.09. The Morgan fingerprint density at radius 3 is 2.42 bits per heavy atom. The molecule has 26 heavy (non-hydrogen) atoms. The van der Waals surface area contributed by atoms with Crippen molar-refractivity contribution in [3.8, 4) is 17.1 Å². The molecule has 0 bridgehead atoms. The number of rotatable bonds is 4. The molecule has 1 aromatic carbocycles. The third-order valence-corrected chi connectivity index (χ3v) is 4.78. The minimum atomic E-state index is 0.186. The van der Waals surface area contributed by atoms with Crippen LogP contribution < -0.4 is 14.5 Å².